The minimum absolute atomic E-state index is 0. The van der Waals surface area contributed by atoms with Crippen LogP contribution in [0.4, 0.5) is 11.4 Å². The van der Waals surface area contributed by atoms with E-state index in [1.807, 2.05) is 31.1 Å². The number of hydrogen-bond donors (Lipinski definition) is 4. The molecule has 0 saturated carbocycles. The smallest absolute Gasteiger partial charge is 0.776 e. The van der Waals surface area contributed by atoms with Gasteiger partial charge in [0.2, 0.25) is 0 Å². The largest absolute Gasteiger partial charge is 1.00 e. The minimum atomic E-state index is -5.84. The number of fused-ring (bicyclic) bond motifs is 1. The molecule has 23 heteroatoms. The molecular weight excluding hydrogens is 850 g/mol. The van der Waals surface area contributed by atoms with Gasteiger partial charge in [-0.2, -0.15) is 5.10 Å². The number of sulfonamides is 1. The van der Waals surface area contributed by atoms with Crippen LogP contribution in [-0.2, 0) is 28.7 Å². The Morgan fingerprint density at radius 3 is 2.12 bits per heavy atom. The van der Waals surface area contributed by atoms with Crippen molar-refractivity contribution >= 4 is 65.5 Å². The molecule has 0 aromatic heterocycles. The molecule has 0 bridgehead atoms. The second-order valence-corrected chi connectivity index (χ2v) is 18.9. The van der Waals surface area contributed by atoms with Crippen molar-refractivity contribution in [3.05, 3.63) is 96.1 Å². The van der Waals surface area contributed by atoms with Gasteiger partial charge in [0.1, 0.15) is 5.75 Å². The van der Waals surface area contributed by atoms with E-state index < -0.39 is 55.2 Å². The van der Waals surface area contributed by atoms with Gasteiger partial charge in [-0.05, 0) is 67.6 Å². The number of nitrogens with zero attached hydrogens (tertiary/aromatic N) is 4. The van der Waals surface area contributed by atoms with Crippen molar-refractivity contribution < 1.29 is 120 Å². The number of anilines is 2. The van der Waals surface area contributed by atoms with Crippen molar-refractivity contribution in [2.45, 2.75) is 22.8 Å². The van der Waals surface area contributed by atoms with E-state index in [1.54, 1.807) is 48.5 Å². The number of esters is 1. The Hall–Kier alpha value is -2.68. The van der Waals surface area contributed by atoms with Crippen LogP contribution in [0.5, 0.6) is 5.75 Å². The Balaban J connectivity index is 0.00000600. The number of hydrazone groups is 1. The topological polar surface area (TPSA) is 262 Å². The molecule has 2 unspecified atom stereocenters. The van der Waals surface area contributed by atoms with Gasteiger partial charge in [-0.1, -0.05) is 36.4 Å². The number of carbonyl (C=O) groups is 2. The van der Waals surface area contributed by atoms with Crippen LogP contribution in [0, 0.1) is 0 Å². The van der Waals surface area contributed by atoms with Gasteiger partial charge in [-0.3, -0.25) is 9.10 Å². The molecule has 0 saturated heterocycles. The summed E-state index contributed by atoms with van der Waals surface area (Å²) >= 11 is 0. The molecule has 0 heterocycles. The Morgan fingerprint density at radius 1 is 0.881 bits per heavy atom. The second-order valence-electron chi connectivity index (χ2n) is 13.1. The Labute approximate surface area is 386 Å². The van der Waals surface area contributed by atoms with E-state index in [-0.39, 0.29) is 89.3 Å². The number of nitrogens with one attached hydrogen (secondary N) is 1. The maximum Gasteiger partial charge on any atom is 1.00 e. The van der Waals surface area contributed by atoms with Gasteiger partial charge >= 0.3 is 65.1 Å². The van der Waals surface area contributed by atoms with E-state index in [9.17, 15) is 42.0 Å². The first-order chi connectivity index (χ1) is 26.7. The van der Waals surface area contributed by atoms with Gasteiger partial charge in [0.15, 0.2) is 26.9 Å². The fourth-order valence-corrected chi connectivity index (χ4v) is 8.95. The van der Waals surface area contributed by atoms with Gasteiger partial charge in [0.05, 0.1) is 29.0 Å². The maximum atomic E-state index is 13.7. The van der Waals surface area contributed by atoms with Crippen molar-refractivity contribution in [2.75, 3.05) is 63.7 Å². The van der Waals surface area contributed by atoms with E-state index in [2.05, 4.69) is 10.5 Å². The van der Waals surface area contributed by atoms with Crippen LogP contribution in [0.3, 0.4) is 0 Å². The fourth-order valence-electron chi connectivity index (χ4n) is 5.50. The summed E-state index contributed by atoms with van der Waals surface area (Å²) in [6.07, 6.45) is 0.737. The Bertz CT molecular complexity index is 2290. The van der Waals surface area contributed by atoms with Crippen molar-refractivity contribution in [3.63, 3.8) is 0 Å². The number of benzene rings is 4. The van der Waals surface area contributed by atoms with Crippen molar-refractivity contribution in [1.82, 2.24) is 10.3 Å². The van der Waals surface area contributed by atoms with Gasteiger partial charge < -0.3 is 53.1 Å². The van der Waals surface area contributed by atoms with E-state index in [1.165, 1.54) is 49.5 Å². The number of rotatable bonds is 19. The number of hydrogen-bond acceptors (Lipinski definition) is 14. The molecule has 0 radical (unpaired) electrons. The molecule has 59 heavy (non-hydrogen) atoms. The third-order valence-corrected chi connectivity index (χ3v) is 14.3. The molecule has 4 aromatic rings. The van der Waals surface area contributed by atoms with Gasteiger partial charge in [-0.25, -0.2) is 18.6 Å². The van der Waals surface area contributed by atoms with Crippen LogP contribution >= 0.6 is 15.2 Å². The predicted molar refractivity (Wildman–Crippen MR) is 210 cm³/mol. The van der Waals surface area contributed by atoms with E-state index >= 15 is 0 Å². The van der Waals surface area contributed by atoms with Crippen LogP contribution in [0.2, 0.25) is 0 Å². The first-order valence-corrected chi connectivity index (χ1v) is 21.7. The number of amides is 1. The SMILES string of the molecule is CN(CCCOc1cccc(/C=N/NC(=O)COC(=O)c2ccc(N(C)S(=O)(=O)c3cccc4c(N(C)C)cccc34)cc2)c1)CCC(O)(P(=O)([O-])O)P(=O)([O-])O.[Na+].[Na+]. The normalized spacial score (nSPS) is 14.5. The summed E-state index contributed by atoms with van der Waals surface area (Å²) < 4.78 is 62.0. The molecule has 0 aliphatic rings. The molecule has 308 valence electrons. The zero-order valence-corrected chi connectivity index (χ0v) is 40.0. The molecule has 0 aliphatic heterocycles. The molecule has 0 spiro atoms. The van der Waals surface area contributed by atoms with E-state index in [4.69, 9.17) is 19.3 Å². The van der Waals surface area contributed by atoms with Gasteiger partial charge in [-0.15, -0.1) is 0 Å². The van der Waals surface area contributed by atoms with Gasteiger partial charge in [0, 0.05) is 57.1 Å². The molecule has 0 fully saturated rings. The maximum absolute atomic E-state index is 13.7. The van der Waals surface area contributed by atoms with Crippen molar-refractivity contribution in [1.29, 1.82) is 0 Å². The first kappa shape index (κ1) is 52.5. The summed E-state index contributed by atoms with van der Waals surface area (Å²) in [5.41, 5.74) is 4.05. The van der Waals surface area contributed by atoms with Crippen molar-refractivity contribution in [2.24, 2.45) is 5.10 Å². The van der Waals surface area contributed by atoms with E-state index in [0.29, 0.717) is 28.8 Å². The Morgan fingerprint density at radius 2 is 1.49 bits per heavy atom. The summed E-state index contributed by atoms with van der Waals surface area (Å²) in [6, 6.07) is 22.9. The van der Waals surface area contributed by atoms with E-state index in [0.717, 1.165) is 15.4 Å². The predicted octanol–water partition coefficient (Wildman–Crippen LogP) is -4.13. The molecule has 4 aromatic carbocycles. The standard InChI is InChI=1S/C36H45N5O13P2S.2Na/c1-39(2)32-13-6-12-31-30(32)11-7-14-33(31)57(51,52)41(4)28-17-15-27(16-18-28)35(43)54-25-34(42)38-37-24-26-9-5-10-29(23-26)53-22-8-20-40(3)21-19-36(44,55(45,46)47)56(48,49)50;;/h5-7,9-18,23-24,44H,8,19-22,25H2,1-4H3,(H,38,42)(H2,45,46,47)(H2,48,49,50);;/q;2*+1/p-2/b37-24+;;. The molecule has 4 rings (SSSR count). The summed E-state index contributed by atoms with van der Waals surface area (Å²) in [5, 5.41) is 11.4. The van der Waals surface area contributed by atoms with Crippen LogP contribution in [0.15, 0.2) is 94.9 Å². The molecule has 18 nitrogen and oxygen atoms in total. The molecule has 0 aliphatic carbocycles. The van der Waals surface area contributed by atoms with Crippen molar-refractivity contribution in [3.8, 4) is 5.75 Å². The van der Waals surface area contributed by atoms with Gasteiger partial charge in [0.25, 0.3) is 15.9 Å². The number of carbonyl (C=O) groups excluding carboxylic acids is 2. The van der Waals surface area contributed by atoms with Crippen LogP contribution < -0.4 is 88.3 Å². The average molecular weight is 894 g/mol. The summed E-state index contributed by atoms with van der Waals surface area (Å²) in [5.74, 6) is -1.09. The molecule has 2 atom stereocenters. The second kappa shape index (κ2) is 22.4. The zero-order chi connectivity index (χ0) is 42.2. The average Bonchev–Trinajstić information content (AvgIpc) is 3.16. The molecular formula is C36H43N5Na2O13P2S. The van der Waals surface area contributed by atoms with Crippen LogP contribution in [0.1, 0.15) is 28.8 Å². The third-order valence-electron chi connectivity index (χ3n) is 8.73. The summed E-state index contributed by atoms with van der Waals surface area (Å²) in [4.78, 5) is 69.4. The Kier molecular flexibility index (Phi) is 19.9. The van der Waals surface area contributed by atoms with Crippen LogP contribution in [-0.4, -0.2) is 106 Å². The zero-order valence-electron chi connectivity index (χ0n) is 33.4. The number of aliphatic hydroxyl groups is 1. The van der Waals surface area contributed by atoms with Crippen LogP contribution in [0.25, 0.3) is 10.8 Å². The molecule has 1 amide bonds. The summed E-state index contributed by atoms with van der Waals surface area (Å²) in [6.45, 7) is -0.488. The monoisotopic (exact) mass is 893 g/mol. The third kappa shape index (κ3) is 13.7. The fraction of sp³-hybridized carbons (Fsp3) is 0.306. The molecule has 4 N–H and O–H groups in total. The summed E-state index contributed by atoms with van der Waals surface area (Å²) in [7, 11) is -8.99. The quantitative estimate of drug-likeness (QED) is 0.0174. The number of ether oxygens (including phenoxy) is 2. The minimum Gasteiger partial charge on any atom is -0.776 e. The first-order valence-electron chi connectivity index (χ1n) is 17.1.